The highest BCUT2D eigenvalue weighted by molar-refractivity contribution is 6.05. The summed E-state index contributed by atoms with van der Waals surface area (Å²) in [6.07, 6.45) is 0.192. The van der Waals surface area contributed by atoms with E-state index in [0.29, 0.717) is 22.7 Å². The van der Waals surface area contributed by atoms with E-state index < -0.39 is 0 Å². The predicted molar refractivity (Wildman–Crippen MR) is 87.6 cm³/mol. The van der Waals surface area contributed by atoms with Crippen LogP contribution in [0.2, 0.25) is 0 Å². The number of Topliss-reactive ketones (excluding diaryl/α,β-unsaturated/α-hetero) is 1. The van der Waals surface area contributed by atoms with Gasteiger partial charge >= 0.3 is 0 Å². The number of ketones is 1. The number of amides is 1. The zero-order chi connectivity index (χ0) is 17.4. The second-order valence-electron chi connectivity index (χ2n) is 5.81. The van der Waals surface area contributed by atoms with E-state index in [-0.39, 0.29) is 24.9 Å². The lowest BCUT2D eigenvalue weighted by Gasteiger charge is -2.11. The number of ether oxygens (including phenoxy) is 2. The van der Waals surface area contributed by atoms with Crippen LogP contribution in [0.1, 0.15) is 34.2 Å². The molecule has 7 nitrogen and oxygen atoms in total. The zero-order valence-electron chi connectivity index (χ0n) is 14.1. The van der Waals surface area contributed by atoms with Crippen molar-refractivity contribution in [2.75, 3.05) is 12.1 Å². The first-order chi connectivity index (χ1) is 11.4. The Balaban J connectivity index is 1.85. The van der Waals surface area contributed by atoms with Gasteiger partial charge in [0.2, 0.25) is 12.7 Å². The molecule has 1 aliphatic rings. The van der Waals surface area contributed by atoms with Crippen LogP contribution in [-0.2, 0) is 18.3 Å². The molecule has 0 saturated heterocycles. The quantitative estimate of drug-likeness (QED) is 0.869. The van der Waals surface area contributed by atoms with E-state index >= 15 is 0 Å². The third-order valence-corrected chi connectivity index (χ3v) is 4.16. The molecule has 0 fully saturated rings. The van der Waals surface area contributed by atoms with E-state index in [1.807, 2.05) is 20.9 Å². The smallest absolute Gasteiger partial charge is 0.231 e. The number of rotatable bonds is 4. The van der Waals surface area contributed by atoms with Gasteiger partial charge in [-0.05, 0) is 26.8 Å². The summed E-state index contributed by atoms with van der Waals surface area (Å²) >= 11 is 0. The molecule has 0 unspecified atom stereocenters. The molecule has 3 rings (SSSR count). The van der Waals surface area contributed by atoms with Gasteiger partial charge in [-0.25, -0.2) is 0 Å². The minimum Gasteiger partial charge on any atom is -0.454 e. The molecule has 0 spiro atoms. The molecule has 0 aliphatic carbocycles. The van der Waals surface area contributed by atoms with Crippen LogP contribution in [0.4, 0.5) is 5.69 Å². The Morgan fingerprint density at radius 2 is 1.92 bits per heavy atom. The summed E-state index contributed by atoms with van der Waals surface area (Å²) < 4.78 is 12.3. The summed E-state index contributed by atoms with van der Waals surface area (Å²) in [7, 11) is 1.84. The van der Waals surface area contributed by atoms with E-state index in [4.69, 9.17) is 9.47 Å². The number of nitrogens with one attached hydrogen (secondary N) is 1. The zero-order valence-corrected chi connectivity index (χ0v) is 14.1. The number of carbonyl (C=O) groups excluding carboxylic acids is 2. The second-order valence-corrected chi connectivity index (χ2v) is 5.81. The third-order valence-electron chi connectivity index (χ3n) is 4.16. The Kier molecular flexibility index (Phi) is 4.01. The average Bonchev–Trinajstić information content (AvgIpc) is 3.06. The number of anilines is 1. The fourth-order valence-corrected chi connectivity index (χ4v) is 2.76. The Bertz CT molecular complexity index is 839. The third kappa shape index (κ3) is 2.84. The monoisotopic (exact) mass is 329 g/mol. The van der Waals surface area contributed by atoms with Crippen LogP contribution in [0.25, 0.3) is 0 Å². The molecule has 1 aromatic carbocycles. The number of aryl methyl sites for hydroxylation is 2. The summed E-state index contributed by atoms with van der Waals surface area (Å²) in [6, 6.07) is 3.22. The van der Waals surface area contributed by atoms with Gasteiger partial charge in [0, 0.05) is 29.9 Å². The van der Waals surface area contributed by atoms with Gasteiger partial charge in [0.15, 0.2) is 17.3 Å². The van der Waals surface area contributed by atoms with Gasteiger partial charge in [-0.2, -0.15) is 5.10 Å². The van der Waals surface area contributed by atoms with E-state index in [1.165, 1.54) is 6.92 Å². The maximum absolute atomic E-state index is 12.4. The van der Waals surface area contributed by atoms with Crippen molar-refractivity contribution in [2.45, 2.75) is 27.2 Å². The van der Waals surface area contributed by atoms with Crippen molar-refractivity contribution in [3.05, 3.63) is 34.6 Å². The molecule has 1 N–H and O–H groups in total. The Morgan fingerprint density at radius 3 is 2.50 bits per heavy atom. The lowest BCUT2D eigenvalue weighted by Crippen LogP contribution is -2.17. The molecule has 1 aromatic heterocycles. The molecule has 126 valence electrons. The van der Waals surface area contributed by atoms with E-state index in [0.717, 1.165) is 17.0 Å². The van der Waals surface area contributed by atoms with Crippen molar-refractivity contribution >= 4 is 17.4 Å². The highest BCUT2D eigenvalue weighted by Crippen LogP contribution is 2.37. The van der Waals surface area contributed by atoms with Crippen LogP contribution in [0.3, 0.4) is 0 Å². The van der Waals surface area contributed by atoms with Gasteiger partial charge in [-0.3, -0.25) is 14.3 Å². The van der Waals surface area contributed by atoms with Gasteiger partial charge in [-0.15, -0.1) is 0 Å². The summed E-state index contributed by atoms with van der Waals surface area (Å²) in [5.41, 5.74) is 3.48. The number of hydrogen-bond donors (Lipinski definition) is 1. The lowest BCUT2D eigenvalue weighted by atomic mass is 10.1. The van der Waals surface area contributed by atoms with Gasteiger partial charge in [0.05, 0.1) is 17.8 Å². The fraction of sp³-hybridized carbons (Fsp3) is 0.353. The Labute approximate surface area is 139 Å². The Hall–Kier alpha value is -2.83. The van der Waals surface area contributed by atoms with Crippen LogP contribution in [0.5, 0.6) is 11.5 Å². The van der Waals surface area contributed by atoms with E-state index in [2.05, 4.69) is 10.4 Å². The number of benzene rings is 1. The number of fused-ring (bicyclic) bond motifs is 1. The van der Waals surface area contributed by atoms with Gasteiger partial charge in [-0.1, -0.05) is 0 Å². The van der Waals surface area contributed by atoms with Crippen LogP contribution in [-0.4, -0.2) is 28.3 Å². The number of carbonyl (C=O) groups is 2. The molecular weight excluding hydrogens is 310 g/mol. The minimum absolute atomic E-state index is 0.109. The van der Waals surface area contributed by atoms with Crippen molar-refractivity contribution in [1.29, 1.82) is 0 Å². The summed E-state index contributed by atoms with van der Waals surface area (Å²) in [6.45, 7) is 5.35. The van der Waals surface area contributed by atoms with E-state index in [1.54, 1.807) is 16.8 Å². The largest absolute Gasteiger partial charge is 0.454 e. The molecule has 0 bridgehead atoms. The molecule has 0 radical (unpaired) electrons. The highest BCUT2D eigenvalue weighted by Gasteiger charge is 2.21. The molecule has 1 amide bonds. The van der Waals surface area contributed by atoms with E-state index in [9.17, 15) is 9.59 Å². The molecule has 0 atom stereocenters. The van der Waals surface area contributed by atoms with Gasteiger partial charge in [0.25, 0.3) is 0 Å². The first-order valence-corrected chi connectivity index (χ1v) is 7.60. The first-order valence-electron chi connectivity index (χ1n) is 7.60. The highest BCUT2D eigenvalue weighted by atomic mass is 16.7. The second kappa shape index (κ2) is 5.99. The molecule has 2 aromatic rings. The maximum Gasteiger partial charge on any atom is 0.231 e. The molecule has 1 aliphatic heterocycles. The summed E-state index contributed by atoms with van der Waals surface area (Å²) in [5.74, 6) is 0.661. The first kappa shape index (κ1) is 16.0. The molecule has 2 heterocycles. The maximum atomic E-state index is 12.4. The minimum atomic E-state index is -0.212. The number of aromatic nitrogens is 2. The molecular formula is C17H19N3O4. The van der Waals surface area contributed by atoms with Crippen LogP contribution < -0.4 is 14.8 Å². The Morgan fingerprint density at radius 1 is 1.25 bits per heavy atom. The average molecular weight is 329 g/mol. The van der Waals surface area contributed by atoms with Gasteiger partial charge < -0.3 is 14.8 Å². The molecule has 0 saturated carbocycles. The van der Waals surface area contributed by atoms with Crippen LogP contribution >= 0.6 is 0 Å². The normalized spacial score (nSPS) is 12.3. The van der Waals surface area contributed by atoms with Gasteiger partial charge in [0.1, 0.15) is 0 Å². The molecule has 24 heavy (non-hydrogen) atoms. The fourth-order valence-electron chi connectivity index (χ4n) is 2.76. The number of hydrogen-bond acceptors (Lipinski definition) is 5. The SMILES string of the molecule is CC(=O)c1cc2c(cc1NC(=O)Cc1c(C)nn(C)c1C)OCO2. The topological polar surface area (TPSA) is 82.5 Å². The lowest BCUT2D eigenvalue weighted by molar-refractivity contribution is -0.115. The predicted octanol–water partition coefficient (Wildman–Crippen LogP) is 2.15. The standard InChI is InChI=1S/C17H19N3O4/c1-9-12(10(2)20(4)19-9)6-17(22)18-14-7-16-15(23-8-24-16)5-13(14)11(3)21/h5,7H,6,8H2,1-4H3,(H,18,22). The van der Waals surface area contributed by atoms with Crippen molar-refractivity contribution in [3.8, 4) is 11.5 Å². The number of nitrogens with zero attached hydrogens (tertiary/aromatic N) is 2. The van der Waals surface area contributed by atoms with Crippen LogP contribution in [0.15, 0.2) is 12.1 Å². The van der Waals surface area contributed by atoms with Crippen molar-refractivity contribution in [3.63, 3.8) is 0 Å². The van der Waals surface area contributed by atoms with Crippen molar-refractivity contribution in [2.24, 2.45) is 7.05 Å². The summed E-state index contributed by atoms with van der Waals surface area (Å²) in [5, 5.41) is 7.11. The van der Waals surface area contributed by atoms with Crippen molar-refractivity contribution in [1.82, 2.24) is 9.78 Å². The van der Waals surface area contributed by atoms with Crippen molar-refractivity contribution < 1.29 is 19.1 Å². The molecule has 7 heteroatoms. The van der Waals surface area contributed by atoms with Crippen LogP contribution in [0, 0.1) is 13.8 Å². The summed E-state index contributed by atoms with van der Waals surface area (Å²) in [4.78, 5) is 24.3.